The number of carbonyl (C=O) groups excluding carboxylic acids is 1. The number of carboxylic acids is 1. The van der Waals surface area contributed by atoms with Crippen molar-refractivity contribution >= 4 is 29.0 Å². The van der Waals surface area contributed by atoms with Crippen LogP contribution in [0.5, 0.6) is 5.75 Å². The highest BCUT2D eigenvalue weighted by molar-refractivity contribution is 6.33. The van der Waals surface area contributed by atoms with Gasteiger partial charge >= 0.3 is 5.97 Å². The van der Waals surface area contributed by atoms with E-state index in [1.807, 2.05) is 0 Å². The number of ketones is 1. The summed E-state index contributed by atoms with van der Waals surface area (Å²) in [4.78, 5) is 21.7. The van der Waals surface area contributed by atoms with Gasteiger partial charge in [-0.25, -0.2) is 4.79 Å². The van der Waals surface area contributed by atoms with Crippen LogP contribution in [-0.4, -0.2) is 30.5 Å². The predicted octanol–water partition coefficient (Wildman–Crippen LogP) is 2.05. The van der Waals surface area contributed by atoms with Crippen LogP contribution in [0, 0.1) is 0 Å². The topological polar surface area (TPSA) is 75.6 Å². The lowest BCUT2D eigenvalue weighted by atomic mass is 10.1. The number of rotatable bonds is 5. The Morgan fingerprint density at radius 3 is 2.59 bits per heavy atom. The smallest absolute Gasteiger partial charge is 0.339 e. The third-order valence-electron chi connectivity index (χ3n) is 2.05. The lowest BCUT2D eigenvalue weighted by molar-refractivity contribution is -0.115. The van der Waals surface area contributed by atoms with E-state index in [0.29, 0.717) is 5.69 Å². The van der Waals surface area contributed by atoms with Gasteiger partial charge in [0.15, 0.2) is 0 Å². The van der Waals surface area contributed by atoms with Crippen molar-refractivity contribution in [2.75, 3.05) is 19.0 Å². The molecule has 2 N–H and O–H groups in total. The minimum absolute atomic E-state index is 0.0223. The monoisotopic (exact) mass is 257 g/mol. The van der Waals surface area contributed by atoms with Crippen molar-refractivity contribution in [1.82, 2.24) is 0 Å². The van der Waals surface area contributed by atoms with Crippen molar-refractivity contribution in [1.29, 1.82) is 0 Å². The summed E-state index contributed by atoms with van der Waals surface area (Å²) in [6, 6.07) is 2.74. The Bertz CT molecular complexity index is 459. The molecule has 0 aliphatic rings. The van der Waals surface area contributed by atoms with Crippen LogP contribution >= 0.6 is 11.6 Å². The number of carbonyl (C=O) groups is 2. The Hall–Kier alpha value is -1.75. The minimum Gasteiger partial charge on any atom is -0.496 e. The van der Waals surface area contributed by atoms with Crippen LogP contribution in [0.4, 0.5) is 5.69 Å². The number of carboxylic acid groups (broad SMARTS) is 1. The standard InChI is InChI=1S/C11H12ClNO4/c1-6(14)5-13-9-4-10(17-2)7(11(15)16)3-8(9)12/h3-4,13H,5H2,1-2H3,(H,15,16). The van der Waals surface area contributed by atoms with Crippen molar-refractivity contribution in [2.45, 2.75) is 6.92 Å². The molecule has 1 aromatic carbocycles. The number of aromatic carboxylic acids is 1. The molecule has 0 heterocycles. The number of benzene rings is 1. The van der Waals surface area contributed by atoms with Gasteiger partial charge in [-0.2, -0.15) is 0 Å². The molecular formula is C11H12ClNO4. The van der Waals surface area contributed by atoms with E-state index >= 15 is 0 Å². The second-order valence-electron chi connectivity index (χ2n) is 3.39. The molecule has 0 bridgehead atoms. The van der Waals surface area contributed by atoms with Crippen LogP contribution < -0.4 is 10.1 Å². The molecule has 0 atom stereocenters. The maximum Gasteiger partial charge on any atom is 0.339 e. The van der Waals surface area contributed by atoms with Crippen LogP contribution in [-0.2, 0) is 4.79 Å². The average molecular weight is 258 g/mol. The highest BCUT2D eigenvalue weighted by Gasteiger charge is 2.14. The summed E-state index contributed by atoms with van der Waals surface area (Å²) in [5, 5.41) is 11.9. The number of hydrogen-bond acceptors (Lipinski definition) is 4. The van der Waals surface area contributed by atoms with Gasteiger partial charge in [0.25, 0.3) is 0 Å². The van der Waals surface area contributed by atoms with Crippen LogP contribution in [0.3, 0.4) is 0 Å². The van der Waals surface area contributed by atoms with E-state index < -0.39 is 5.97 Å². The fourth-order valence-corrected chi connectivity index (χ4v) is 1.48. The number of hydrogen-bond donors (Lipinski definition) is 2. The van der Waals surface area contributed by atoms with E-state index in [-0.39, 0.29) is 28.7 Å². The first-order valence-electron chi connectivity index (χ1n) is 4.80. The van der Waals surface area contributed by atoms with Crippen molar-refractivity contribution in [3.05, 3.63) is 22.7 Å². The number of nitrogens with one attached hydrogen (secondary N) is 1. The minimum atomic E-state index is -1.12. The molecule has 0 spiro atoms. The molecule has 0 aromatic heterocycles. The SMILES string of the molecule is COc1cc(NCC(C)=O)c(Cl)cc1C(=O)O. The molecule has 0 unspecified atom stereocenters. The fourth-order valence-electron chi connectivity index (χ4n) is 1.24. The number of ether oxygens (including phenoxy) is 1. The van der Waals surface area contributed by atoms with Gasteiger partial charge in [0.05, 0.1) is 24.4 Å². The molecule has 0 fully saturated rings. The van der Waals surface area contributed by atoms with Gasteiger partial charge in [-0.1, -0.05) is 11.6 Å². The van der Waals surface area contributed by atoms with E-state index in [1.165, 1.54) is 26.2 Å². The molecule has 0 aliphatic carbocycles. The molecule has 5 nitrogen and oxygen atoms in total. The third kappa shape index (κ3) is 3.35. The average Bonchev–Trinajstić information content (AvgIpc) is 2.26. The first-order valence-corrected chi connectivity index (χ1v) is 5.17. The Kier molecular flexibility index (Phi) is 4.34. The summed E-state index contributed by atoms with van der Waals surface area (Å²) < 4.78 is 4.94. The molecule has 1 rings (SSSR count). The summed E-state index contributed by atoms with van der Waals surface area (Å²) in [5.41, 5.74) is 0.439. The van der Waals surface area contributed by atoms with Crippen molar-refractivity contribution < 1.29 is 19.4 Å². The molecule has 0 saturated heterocycles. The first-order chi connectivity index (χ1) is 7.95. The highest BCUT2D eigenvalue weighted by atomic mass is 35.5. The van der Waals surface area contributed by atoms with Crippen LogP contribution in [0.2, 0.25) is 5.02 Å². The summed E-state index contributed by atoms with van der Waals surface area (Å²) in [6.07, 6.45) is 0. The normalized spacial score (nSPS) is 9.82. The molecule has 1 aromatic rings. The lowest BCUT2D eigenvalue weighted by Gasteiger charge is -2.11. The van der Waals surface area contributed by atoms with Gasteiger partial charge in [0.2, 0.25) is 0 Å². The van der Waals surface area contributed by atoms with Crippen molar-refractivity contribution in [2.24, 2.45) is 0 Å². The second kappa shape index (κ2) is 5.54. The third-order valence-corrected chi connectivity index (χ3v) is 2.36. The molecule has 92 valence electrons. The number of methoxy groups -OCH3 is 1. The van der Waals surface area contributed by atoms with E-state index in [9.17, 15) is 9.59 Å². The van der Waals surface area contributed by atoms with Gasteiger partial charge in [-0.15, -0.1) is 0 Å². The van der Waals surface area contributed by atoms with Crippen LogP contribution in [0.15, 0.2) is 12.1 Å². The van der Waals surface area contributed by atoms with E-state index in [2.05, 4.69) is 5.32 Å². The Balaban J connectivity index is 3.08. The molecule has 6 heteroatoms. The molecule has 0 amide bonds. The number of halogens is 1. The summed E-state index contributed by atoms with van der Waals surface area (Å²) in [7, 11) is 1.37. The number of anilines is 1. The van der Waals surface area contributed by atoms with Gasteiger partial charge in [0, 0.05) is 6.07 Å². The van der Waals surface area contributed by atoms with Crippen LogP contribution in [0.25, 0.3) is 0 Å². The molecule has 0 saturated carbocycles. The maximum atomic E-state index is 10.9. The lowest BCUT2D eigenvalue weighted by Crippen LogP contribution is -2.11. The summed E-state index contributed by atoms with van der Waals surface area (Å²) in [6.45, 7) is 1.55. The van der Waals surface area contributed by atoms with E-state index in [1.54, 1.807) is 0 Å². The summed E-state index contributed by atoms with van der Waals surface area (Å²) >= 11 is 5.89. The molecular weight excluding hydrogens is 246 g/mol. The largest absolute Gasteiger partial charge is 0.496 e. The van der Waals surface area contributed by atoms with Crippen molar-refractivity contribution in [3.8, 4) is 5.75 Å². The van der Waals surface area contributed by atoms with Gasteiger partial charge in [-0.05, 0) is 13.0 Å². The number of Topliss-reactive ketones (excluding diaryl/α,β-unsaturated/α-hetero) is 1. The highest BCUT2D eigenvalue weighted by Crippen LogP contribution is 2.30. The Labute approximate surface area is 103 Å². The van der Waals surface area contributed by atoms with Crippen molar-refractivity contribution in [3.63, 3.8) is 0 Å². The predicted molar refractivity (Wildman–Crippen MR) is 64.1 cm³/mol. The van der Waals surface area contributed by atoms with E-state index in [4.69, 9.17) is 21.4 Å². The Morgan fingerprint density at radius 2 is 2.12 bits per heavy atom. The molecule has 17 heavy (non-hydrogen) atoms. The Morgan fingerprint density at radius 1 is 1.47 bits per heavy atom. The molecule has 0 aliphatic heterocycles. The van der Waals surface area contributed by atoms with E-state index in [0.717, 1.165) is 0 Å². The quantitative estimate of drug-likeness (QED) is 0.844. The maximum absolute atomic E-state index is 10.9. The molecule has 0 radical (unpaired) electrons. The zero-order valence-electron chi connectivity index (χ0n) is 9.41. The summed E-state index contributed by atoms with van der Waals surface area (Å²) in [5.74, 6) is -0.989. The van der Waals surface area contributed by atoms with Gasteiger partial charge in [-0.3, -0.25) is 4.79 Å². The zero-order valence-corrected chi connectivity index (χ0v) is 10.2. The second-order valence-corrected chi connectivity index (χ2v) is 3.80. The van der Waals surface area contributed by atoms with Gasteiger partial charge < -0.3 is 15.2 Å². The zero-order chi connectivity index (χ0) is 13.0. The van der Waals surface area contributed by atoms with Gasteiger partial charge in [0.1, 0.15) is 17.1 Å². The fraction of sp³-hybridized carbons (Fsp3) is 0.273. The van der Waals surface area contributed by atoms with Crippen LogP contribution in [0.1, 0.15) is 17.3 Å². The first kappa shape index (κ1) is 13.3.